The number of halogens is 1. The highest BCUT2D eigenvalue weighted by atomic mass is 127. The molecule has 0 aliphatic rings. The Bertz CT molecular complexity index is 826. The summed E-state index contributed by atoms with van der Waals surface area (Å²) in [6.45, 7) is 0.697. The van der Waals surface area contributed by atoms with Crippen molar-refractivity contribution in [3.63, 3.8) is 0 Å². The Kier molecular flexibility index (Phi) is 4.14. The molecular formula is C15H13IN4O. The molecule has 2 N–H and O–H groups in total. The van der Waals surface area contributed by atoms with E-state index in [4.69, 9.17) is 0 Å². The van der Waals surface area contributed by atoms with Gasteiger partial charge in [-0.05, 0) is 40.6 Å². The normalized spacial score (nSPS) is 10.7. The Morgan fingerprint density at radius 1 is 1.19 bits per heavy atom. The summed E-state index contributed by atoms with van der Waals surface area (Å²) in [4.78, 5) is 22.6. The van der Waals surface area contributed by atoms with Gasteiger partial charge in [-0.2, -0.15) is 0 Å². The number of fused-ring (bicyclic) bond motifs is 1. The van der Waals surface area contributed by atoms with E-state index >= 15 is 0 Å². The highest BCUT2D eigenvalue weighted by Gasteiger charge is 2.05. The highest BCUT2D eigenvalue weighted by molar-refractivity contribution is 14.1. The number of nitrogens with zero attached hydrogens (tertiary/aromatic N) is 2. The lowest BCUT2D eigenvalue weighted by molar-refractivity contribution is 0.991. The molecule has 0 amide bonds. The summed E-state index contributed by atoms with van der Waals surface area (Å²) < 4.78 is 0.575. The zero-order chi connectivity index (χ0) is 14.7. The van der Waals surface area contributed by atoms with Crippen LogP contribution < -0.4 is 10.9 Å². The number of nitrogens with one attached hydrogen (secondary N) is 2. The summed E-state index contributed by atoms with van der Waals surface area (Å²) in [6, 6.07) is 10.2. The molecule has 0 fully saturated rings. The van der Waals surface area contributed by atoms with Crippen LogP contribution in [0.2, 0.25) is 0 Å². The third kappa shape index (κ3) is 3.05. The van der Waals surface area contributed by atoms with Crippen LogP contribution in [0.5, 0.6) is 0 Å². The summed E-state index contributed by atoms with van der Waals surface area (Å²) in [5.74, 6) is 0.618. The first kappa shape index (κ1) is 14.0. The summed E-state index contributed by atoms with van der Waals surface area (Å²) >= 11 is 1.99. The lowest BCUT2D eigenvalue weighted by Gasteiger charge is -2.08. The van der Waals surface area contributed by atoms with Crippen LogP contribution in [0, 0.1) is 3.57 Å². The number of rotatable bonds is 4. The van der Waals surface area contributed by atoms with E-state index in [1.165, 1.54) is 11.9 Å². The molecule has 0 unspecified atom stereocenters. The first-order valence-electron chi connectivity index (χ1n) is 6.55. The van der Waals surface area contributed by atoms with E-state index in [2.05, 4.69) is 38.5 Å². The topological polar surface area (TPSA) is 70.7 Å². The van der Waals surface area contributed by atoms with Crippen LogP contribution in [0.4, 0.5) is 5.82 Å². The lowest BCUT2D eigenvalue weighted by Crippen LogP contribution is -2.16. The maximum atomic E-state index is 11.5. The fourth-order valence-corrected chi connectivity index (χ4v) is 2.68. The molecule has 2 aromatic heterocycles. The van der Waals surface area contributed by atoms with E-state index in [0.717, 1.165) is 17.3 Å². The average Bonchev–Trinajstić information content (AvgIpc) is 2.52. The Morgan fingerprint density at radius 3 is 2.95 bits per heavy atom. The number of hydrogen-bond acceptors (Lipinski definition) is 4. The molecule has 1 aromatic carbocycles. The zero-order valence-corrected chi connectivity index (χ0v) is 13.3. The van der Waals surface area contributed by atoms with Crippen molar-refractivity contribution in [1.29, 1.82) is 0 Å². The number of aromatic nitrogens is 3. The Balaban J connectivity index is 1.75. The zero-order valence-electron chi connectivity index (χ0n) is 11.1. The molecule has 6 heteroatoms. The number of H-pyrrole nitrogens is 1. The quantitative estimate of drug-likeness (QED) is 0.670. The molecule has 106 valence electrons. The molecule has 5 nitrogen and oxygen atoms in total. The van der Waals surface area contributed by atoms with Crippen LogP contribution in [0.1, 0.15) is 5.56 Å². The largest absolute Gasteiger partial charge is 0.369 e. The summed E-state index contributed by atoms with van der Waals surface area (Å²) in [6.07, 6.45) is 4.03. The van der Waals surface area contributed by atoms with Crippen LogP contribution in [-0.2, 0) is 6.42 Å². The molecule has 0 radical (unpaired) electrons. The average molecular weight is 392 g/mol. The van der Waals surface area contributed by atoms with Gasteiger partial charge in [-0.3, -0.25) is 9.78 Å². The molecule has 0 spiro atoms. The van der Waals surface area contributed by atoms with Crippen LogP contribution >= 0.6 is 22.6 Å². The lowest BCUT2D eigenvalue weighted by atomic mass is 10.1. The number of hydrogen-bond donors (Lipinski definition) is 2. The van der Waals surface area contributed by atoms with Gasteiger partial charge < -0.3 is 10.3 Å². The van der Waals surface area contributed by atoms with Gasteiger partial charge in [0.25, 0.3) is 5.56 Å². The number of para-hydroxylation sites is 1. The standard InChI is InChI=1S/C15H13IN4O/c16-12-14(19-9-20-15(12)21)18-8-6-11-4-1-3-10-5-2-7-17-13(10)11/h1-5,7,9H,6,8H2,(H2,18,19,20,21). The van der Waals surface area contributed by atoms with Crippen molar-refractivity contribution in [1.82, 2.24) is 15.0 Å². The van der Waals surface area contributed by atoms with Gasteiger partial charge in [-0.15, -0.1) is 0 Å². The van der Waals surface area contributed by atoms with Gasteiger partial charge in [0.15, 0.2) is 0 Å². The van der Waals surface area contributed by atoms with Gasteiger partial charge in [-0.1, -0.05) is 24.3 Å². The van der Waals surface area contributed by atoms with Crippen LogP contribution in [0.3, 0.4) is 0 Å². The van der Waals surface area contributed by atoms with Crippen molar-refractivity contribution in [2.45, 2.75) is 6.42 Å². The summed E-state index contributed by atoms with van der Waals surface area (Å²) in [5.41, 5.74) is 2.08. The van der Waals surface area contributed by atoms with E-state index in [-0.39, 0.29) is 5.56 Å². The van der Waals surface area contributed by atoms with Crippen molar-refractivity contribution in [2.24, 2.45) is 0 Å². The van der Waals surface area contributed by atoms with Gasteiger partial charge >= 0.3 is 0 Å². The van der Waals surface area contributed by atoms with E-state index < -0.39 is 0 Å². The molecule has 0 aliphatic carbocycles. The molecule has 2 heterocycles. The van der Waals surface area contributed by atoms with Crippen LogP contribution in [0.15, 0.2) is 47.7 Å². The molecule has 0 aliphatic heterocycles. The Labute approximate surface area is 135 Å². The van der Waals surface area contributed by atoms with Crippen molar-refractivity contribution in [2.75, 3.05) is 11.9 Å². The molecular weight excluding hydrogens is 379 g/mol. The van der Waals surface area contributed by atoms with Crippen LogP contribution in [-0.4, -0.2) is 21.5 Å². The summed E-state index contributed by atoms with van der Waals surface area (Å²) in [5, 5.41) is 4.34. The third-order valence-corrected chi connectivity index (χ3v) is 4.20. The van der Waals surface area contributed by atoms with Crippen molar-refractivity contribution in [3.05, 3.63) is 62.3 Å². The van der Waals surface area contributed by atoms with Crippen molar-refractivity contribution in [3.8, 4) is 0 Å². The Morgan fingerprint density at radius 2 is 2.05 bits per heavy atom. The molecule has 0 bridgehead atoms. The van der Waals surface area contributed by atoms with Gasteiger partial charge in [-0.25, -0.2) is 4.98 Å². The molecule has 0 saturated carbocycles. The number of benzene rings is 1. The van der Waals surface area contributed by atoms with Gasteiger partial charge in [0.1, 0.15) is 9.39 Å². The van der Waals surface area contributed by atoms with E-state index in [0.29, 0.717) is 15.9 Å². The molecule has 0 saturated heterocycles. The first-order valence-corrected chi connectivity index (χ1v) is 7.63. The molecule has 3 rings (SSSR count). The predicted molar refractivity (Wildman–Crippen MR) is 91.5 cm³/mol. The second-order valence-electron chi connectivity index (χ2n) is 4.56. The van der Waals surface area contributed by atoms with E-state index in [1.54, 1.807) is 6.20 Å². The maximum Gasteiger partial charge on any atom is 0.266 e. The minimum atomic E-state index is -0.125. The van der Waals surface area contributed by atoms with Gasteiger partial charge in [0, 0.05) is 18.1 Å². The highest BCUT2D eigenvalue weighted by Crippen LogP contribution is 2.16. The number of aromatic amines is 1. The van der Waals surface area contributed by atoms with Gasteiger partial charge in [0.05, 0.1) is 11.8 Å². The first-order chi connectivity index (χ1) is 10.3. The minimum Gasteiger partial charge on any atom is -0.369 e. The monoisotopic (exact) mass is 392 g/mol. The fourth-order valence-electron chi connectivity index (χ4n) is 2.19. The summed E-state index contributed by atoms with van der Waals surface area (Å²) in [7, 11) is 0. The number of anilines is 1. The van der Waals surface area contributed by atoms with E-state index in [9.17, 15) is 4.79 Å². The van der Waals surface area contributed by atoms with Crippen LogP contribution in [0.25, 0.3) is 10.9 Å². The van der Waals surface area contributed by atoms with Crippen molar-refractivity contribution >= 4 is 39.3 Å². The fraction of sp³-hybridized carbons (Fsp3) is 0.133. The van der Waals surface area contributed by atoms with Gasteiger partial charge in [0.2, 0.25) is 0 Å². The number of pyridine rings is 1. The third-order valence-electron chi connectivity index (χ3n) is 3.20. The molecule has 3 aromatic rings. The smallest absolute Gasteiger partial charge is 0.266 e. The molecule has 21 heavy (non-hydrogen) atoms. The van der Waals surface area contributed by atoms with Crippen molar-refractivity contribution < 1.29 is 0 Å². The second-order valence-corrected chi connectivity index (χ2v) is 5.64. The molecule has 0 atom stereocenters. The predicted octanol–water partition coefficient (Wildman–Crippen LogP) is 2.58. The Hall–Kier alpha value is -1.96. The second kappa shape index (κ2) is 6.21. The minimum absolute atomic E-state index is 0.125. The maximum absolute atomic E-state index is 11.5. The SMILES string of the molecule is O=c1[nH]cnc(NCCc2cccc3cccnc23)c1I. The van der Waals surface area contributed by atoms with E-state index in [1.807, 2.05) is 34.7 Å².